The minimum atomic E-state index is -0.745. The van der Waals surface area contributed by atoms with E-state index in [1.165, 1.54) is 58.2 Å². The van der Waals surface area contributed by atoms with E-state index >= 15 is 0 Å². The molecule has 0 rings (SSSR count). The highest BCUT2D eigenvalue weighted by molar-refractivity contribution is 5.66. The van der Waals surface area contributed by atoms with Gasteiger partial charge in [-0.1, -0.05) is 47.0 Å². The van der Waals surface area contributed by atoms with E-state index in [1.807, 2.05) is 0 Å². The molecule has 0 heterocycles. The van der Waals surface area contributed by atoms with Gasteiger partial charge >= 0.3 is 5.97 Å². The molecule has 0 aliphatic rings. The molecule has 1 N–H and O–H groups in total. The number of hydrogen-bond donors (Lipinski definition) is 1. The van der Waals surface area contributed by atoms with Crippen LogP contribution >= 0.6 is 0 Å². The third kappa shape index (κ3) is 17.8. The molecule has 110 valence electrons. The molecule has 18 heavy (non-hydrogen) atoms. The van der Waals surface area contributed by atoms with Gasteiger partial charge in [0.1, 0.15) is 0 Å². The molecule has 0 bridgehead atoms. The number of unbranched alkanes of at least 4 members (excludes halogenated alkanes) is 3. The Kier molecular flexibility index (Phi) is 18.0. The van der Waals surface area contributed by atoms with E-state index in [9.17, 15) is 4.79 Å². The molecule has 3 nitrogen and oxygen atoms in total. The molecule has 0 radical (unpaired) electrons. The molecule has 0 spiro atoms. The lowest BCUT2D eigenvalue weighted by molar-refractivity contribution is -0.136. The van der Waals surface area contributed by atoms with Crippen molar-refractivity contribution in [2.45, 2.75) is 72.6 Å². The second-order valence-corrected chi connectivity index (χ2v) is 4.65. The molecular formula is C15H33NO2. The normalized spacial score (nSPS) is 10.1. The van der Waals surface area contributed by atoms with Gasteiger partial charge in [-0.25, -0.2) is 0 Å². The Labute approximate surface area is 114 Å². The van der Waals surface area contributed by atoms with Crippen LogP contribution in [0.1, 0.15) is 72.6 Å². The zero-order chi connectivity index (χ0) is 14.2. The maximum Gasteiger partial charge on any atom is 0.303 e. The minimum Gasteiger partial charge on any atom is -0.481 e. The number of rotatable bonds is 10. The highest BCUT2D eigenvalue weighted by atomic mass is 16.4. The summed E-state index contributed by atoms with van der Waals surface area (Å²) in [5.41, 5.74) is 0. The van der Waals surface area contributed by atoms with E-state index in [0.717, 1.165) is 0 Å². The van der Waals surface area contributed by atoms with Gasteiger partial charge in [0.25, 0.3) is 0 Å². The fourth-order valence-corrected chi connectivity index (χ4v) is 1.48. The Balaban J connectivity index is 0. The SMILES string of the molecule is CCC(=O)O.CCCCN(CCCC)CCCC. The van der Waals surface area contributed by atoms with Crippen LogP contribution in [0, 0.1) is 0 Å². The summed E-state index contributed by atoms with van der Waals surface area (Å²) in [5.74, 6) is -0.745. The lowest BCUT2D eigenvalue weighted by Crippen LogP contribution is -2.27. The van der Waals surface area contributed by atoms with Gasteiger partial charge in [0.15, 0.2) is 0 Å². The van der Waals surface area contributed by atoms with Gasteiger partial charge < -0.3 is 10.0 Å². The minimum absolute atomic E-state index is 0.222. The van der Waals surface area contributed by atoms with Gasteiger partial charge in [0.2, 0.25) is 0 Å². The highest BCUT2D eigenvalue weighted by Gasteiger charge is 2.01. The molecule has 0 unspecified atom stereocenters. The topological polar surface area (TPSA) is 40.5 Å². The van der Waals surface area contributed by atoms with Crippen molar-refractivity contribution in [3.05, 3.63) is 0 Å². The Bertz CT molecular complexity index is 153. The van der Waals surface area contributed by atoms with Crippen LogP contribution in [0.4, 0.5) is 0 Å². The van der Waals surface area contributed by atoms with Crippen LogP contribution in [0.2, 0.25) is 0 Å². The first-order valence-electron chi connectivity index (χ1n) is 7.56. The third-order valence-corrected chi connectivity index (χ3v) is 2.79. The summed E-state index contributed by atoms with van der Waals surface area (Å²) in [7, 11) is 0. The predicted octanol–water partition coefficient (Wildman–Crippen LogP) is 4.17. The van der Waals surface area contributed by atoms with Crippen LogP contribution in [0.25, 0.3) is 0 Å². The third-order valence-electron chi connectivity index (χ3n) is 2.79. The maximum atomic E-state index is 9.37. The fraction of sp³-hybridized carbons (Fsp3) is 0.933. The summed E-state index contributed by atoms with van der Waals surface area (Å²) >= 11 is 0. The van der Waals surface area contributed by atoms with Crippen LogP contribution < -0.4 is 0 Å². The zero-order valence-corrected chi connectivity index (χ0v) is 12.9. The first-order valence-corrected chi connectivity index (χ1v) is 7.56. The average Bonchev–Trinajstić information content (AvgIpc) is 2.38. The van der Waals surface area contributed by atoms with E-state index in [2.05, 4.69) is 25.7 Å². The second-order valence-electron chi connectivity index (χ2n) is 4.65. The Hall–Kier alpha value is -0.570. The van der Waals surface area contributed by atoms with Gasteiger partial charge in [0, 0.05) is 6.42 Å². The first kappa shape index (κ1) is 19.8. The number of aliphatic carboxylic acids is 1. The van der Waals surface area contributed by atoms with Gasteiger partial charge in [-0.3, -0.25) is 4.79 Å². The molecule has 0 fully saturated rings. The fourth-order valence-electron chi connectivity index (χ4n) is 1.48. The Morgan fingerprint density at radius 3 is 1.28 bits per heavy atom. The monoisotopic (exact) mass is 259 g/mol. The Morgan fingerprint density at radius 2 is 1.11 bits per heavy atom. The van der Waals surface area contributed by atoms with Crippen molar-refractivity contribution in [1.29, 1.82) is 0 Å². The van der Waals surface area contributed by atoms with Crippen LogP contribution in [0.3, 0.4) is 0 Å². The number of carbonyl (C=O) groups is 1. The van der Waals surface area contributed by atoms with Crippen LogP contribution in [0.5, 0.6) is 0 Å². The molecule has 0 aromatic heterocycles. The van der Waals surface area contributed by atoms with Crippen LogP contribution in [-0.2, 0) is 4.79 Å². The van der Waals surface area contributed by atoms with Gasteiger partial charge in [-0.15, -0.1) is 0 Å². The van der Waals surface area contributed by atoms with E-state index in [-0.39, 0.29) is 6.42 Å². The standard InChI is InChI=1S/C12H27N.C3H6O2/c1-4-7-10-13(11-8-5-2)12-9-6-3;1-2-3(4)5/h4-12H2,1-3H3;2H2,1H3,(H,4,5). The molecule has 0 aliphatic carbocycles. The van der Waals surface area contributed by atoms with Crippen molar-refractivity contribution in [3.8, 4) is 0 Å². The van der Waals surface area contributed by atoms with Crippen molar-refractivity contribution in [2.24, 2.45) is 0 Å². The van der Waals surface area contributed by atoms with E-state index in [4.69, 9.17) is 5.11 Å². The lowest BCUT2D eigenvalue weighted by Gasteiger charge is -2.21. The number of carboxylic acids is 1. The van der Waals surface area contributed by atoms with Crippen molar-refractivity contribution in [2.75, 3.05) is 19.6 Å². The average molecular weight is 259 g/mol. The van der Waals surface area contributed by atoms with Gasteiger partial charge in [-0.2, -0.15) is 0 Å². The van der Waals surface area contributed by atoms with E-state index in [1.54, 1.807) is 6.92 Å². The lowest BCUT2D eigenvalue weighted by atomic mass is 10.2. The maximum absolute atomic E-state index is 9.37. The molecule has 3 heteroatoms. The number of nitrogens with zero attached hydrogens (tertiary/aromatic N) is 1. The Morgan fingerprint density at radius 1 is 0.833 bits per heavy atom. The number of carboxylic acid groups (broad SMARTS) is 1. The molecule has 0 saturated heterocycles. The van der Waals surface area contributed by atoms with Gasteiger partial charge in [0.05, 0.1) is 0 Å². The molecule has 0 atom stereocenters. The molecule has 0 aromatic rings. The summed E-state index contributed by atoms with van der Waals surface area (Å²) in [6.45, 7) is 12.4. The number of hydrogen-bond acceptors (Lipinski definition) is 2. The molecule has 0 saturated carbocycles. The zero-order valence-electron chi connectivity index (χ0n) is 12.9. The smallest absolute Gasteiger partial charge is 0.303 e. The molecule has 0 aromatic carbocycles. The summed E-state index contributed by atoms with van der Waals surface area (Å²) in [4.78, 5) is 12.0. The largest absolute Gasteiger partial charge is 0.481 e. The van der Waals surface area contributed by atoms with Crippen molar-refractivity contribution in [1.82, 2.24) is 4.90 Å². The highest BCUT2D eigenvalue weighted by Crippen LogP contribution is 2.01. The van der Waals surface area contributed by atoms with E-state index < -0.39 is 5.97 Å². The van der Waals surface area contributed by atoms with Crippen molar-refractivity contribution < 1.29 is 9.90 Å². The van der Waals surface area contributed by atoms with E-state index in [0.29, 0.717) is 0 Å². The summed E-state index contributed by atoms with van der Waals surface area (Å²) in [6.07, 6.45) is 8.31. The summed E-state index contributed by atoms with van der Waals surface area (Å²) in [6, 6.07) is 0. The summed E-state index contributed by atoms with van der Waals surface area (Å²) < 4.78 is 0. The first-order chi connectivity index (χ1) is 8.62. The predicted molar refractivity (Wildman–Crippen MR) is 79.1 cm³/mol. The molecule has 0 amide bonds. The quantitative estimate of drug-likeness (QED) is 0.640. The van der Waals surface area contributed by atoms with Gasteiger partial charge in [-0.05, 0) is 38.9 Å². The molecular weight excluding hydrogens is 226 g/mol. The van der Waals surface area contributed by atoms with Crippen LogP contribution in [0.15, 0.2) is 0 Å². The van der Waals surface area contributed by atoms with Crippen molar-refractivity contribution >= 4 is 5.97 Å². The van der Waals surface area contributed by atoms with Crippen molar-refractivity contribution in [3.63, 3.8) is 0 Å². The summed E-state index contributed by atoms with van der Waals surface area (Å²) in [5, 5.41) is 7.72. The molecule has 0 aliphatic heterocycles. The van der Waals surface area contributed by atoms with Crippen LogP contribution in [-0.4, -0.2) is 35.6 Å². The second kappa shape index (κ2) is 16.4.